The standard InChI is InChI=1S/C10H14BrNO2S/c1-7(3-5-11)12-10(13)9-8(14-2)4-6-15-9/h4,6-7H,3,5H2,1-2H3,(H,12,13). The quantitative estimate of drug-likeness (QED) is 0.847. The smallest absolute Gasteiger partial charge is 0.265 e. The summed E-state index contributed by atoms with van der Waals surface area (Å²) in [6, 6.07) is 1.97. The van der Waals surface area contributed by atoms with Gasteiger partial charge in [-0.2, -0.15) is 0 Å². The molecule has 0 bridgehead atoms. The number of carbonyl (C=O) groups excluding carboxylic acids is 1. The number of ether oxygens (including phenoxy) is 1. The molecule has 1 heterocycles. The number of amides is 1. The molecule has 1 atom stereocenters. The van der Waals surface area contributed by atoms with Crippen LogP contribution in [-0.2, 0) is 0 Å². The number of thiophene rings is 1. The van der Waals surface area contributed by atoms with Crippen molar-refractivity contribution >= 4 is 33.2 Å². The number of halogens is 1. The van der Waals surface area contributed by atoms with Crippen LogP contribution in [0.2, 0.25) is 0 Å². The molecule has 0 aliphatic heterocycles. The van der Waals surface area contributed by atoms with E-state index in [1.54, 1.807) is 13.2 Å². The van der Waals surface area contributed by atoms with E-state index in [0.29, 0.717) is 10.6 Å². The van der Waals surface area contributed by atoms with Gasteiger partial charge in [0.1, 0.15) is 10.6 Å². The third-order valence-electron chi connectivity index (χ3n) is 1.97. The molecule has 0 spiro atoms. The molecule has 0 fully saturated rings. The Balaban J connectivity index is 2.61. The molecular formula is C10H14BrNO2S. The molecule has 0 radical (unpaired) electrons. The van der Waals surface area contributed by atoms with Gasteiger partial charge in [0.15, 0.2) is 0 Å². The average Bonchev–Trinajstić information content (AvgIpc) is 2.65. The molecular weight excluding hydrogens is 278 g/mol. The van der Waals surface area contributed by atoms with Crippen molar-refractivity contribution in [2.45, 2.75) is 19.4 Å². The molecule has 1 N–H and O–H groups in total. The number of nitrogens with one attached hydrogen (secondary N) is 1. The molecule has 0 aromatic carbocycles. The molecule has 0 saturated heterocycles. The van der Waals surface area contributed by atoms with Crippen LogP contribution >= 0.6 is 27.3 Å². The lowest BCUT2D eigenvalue weighted by molar-refractivity contribution is 0.0941. The van der Waals surface area contributed by atoms with Crippen LogP contribution in [0, 0.1) is 0 Å². The molecule has 0 saturated carbocycles. The summed E-state index contributed by atoms with van der Waals surface area (Å²) in [6.07, 6.45) is 0.916. The average molecular weight is 292 g/mol. The minimum Gasteiger partial charge on any atom is -0.495 e. The molecule has 84 valence electrons. The Bertz CT molecular complexity index is 327. The van der Waals surface area contributed by atoms with Crippen molar-refractivity contribution in [2.24, 2.45) is 0 Å². The maximum Gasteiger partial charge on any atom is 0.265 e. The van der Waals surface area contributed by atoms with E-state index in [9.17, 15) is 4.79 Å². The summed E-state index contributed by atoms with van der Waals surface area (Å²) in [7, 11) is 1.57. The molecule has 0 aliphatic rings. The highest BCUT2D eigenvalue weighted by Gasteiger charge is 2.15. The molecule has 1 aromatic rings. The van der Waals surface area contributed by atoms with Gasteiger partial charge >= 0.3 is 0 Å². The summed E-state index contributed by atoms with van der Waals surface area (Å²) in [5.41, 5.74) is 0. The first-order chi connectivity index (χ1) is 7.19. The van der Waals surface area contributed by atoms with E-state index in [1.165, 1.54) is 11.3 Å². The van der Waals surface area contributed by atoms with E-state index >= 15 is 0 Å². The van der Waals surface area contributed by atoms with Crippen LogP contribution in [0.1, 0.15) is 23.0 Å². The van der Waals surface area contributed by atoms with Gasteiger partial charge < -0.3 is 10.1 Å². The van der Waals surface area contributed by atoms with Gasteiger partial charge in [0.2, 0.25) is 0 Å². The van der Waals surface area contributed by atoms with Crippen LogP contribution < -0.4 is 10.1 Å². The maximum absolute atomic E-state index is 11.8. The highest BCUT2D eigenvalue weighted by atomic mass is 79.9. The van der Waals surface area contributed by atoms with Crippen molar-refractivity contribution in [1.82, 2.24) is 5.32 Å². The zero-order valence-corrected chi connectivity index (χ0v) is 11.2. The fraction of sp³-hybridized carbons (Fsp3) is 0.500. The molecule has 0 aliphatic carbocycles. The minimum atomic E-state index is -0.0599. The summed E-state index contributed by atoms with van der Waals surface area (Å²) in [5, 5.41) is 5.65. The second-order valence-electron chi connectivity index (χ2n) is 3.17. The summed E-state index contributed by atoms with van der Waals surface area (Å²) in [5.74, 6) is 0.582. The van der Waals surface area contributed by atoms with Crippen molar-refractivity contribution in [3.8, 4) is 5.75 Å². The Morgan fingerprint density at radius 1 is 1.73 bits per heavy atom. The number of hydrogen-bond donors (Lipinski definition) is 1. The Hall–Kier alpha value is -0.550. The largest absolute Gasteiger partial charge is 0.495 e. The Labute approximate surface area is 102 Å². The third-order valence-corrected chi connectivity index (χ3v) is 3.33. The fourth-order valence-corrected chi connectivity index (χ4v) is 2.60. The normalized spacial score (nSPS) is 12.2. The first-order valence-corrected chi connectivity index (χ1v) is 6.67. The lowest BCUT2D eigenvalue weighted by atomic mass is 10.2. The molecule has 3 nitrogen and oxygen atoms in total. The second-order valence-corrected chi connectivity index (χ2v) is 4.88. The third kappa shape index (κ3) is 3.50. The zero-order chi connectivity index (χ0) is 11.3. The van der Waals surface area contributed by atoms with Gasteiger partial charge in [0.25, 0.3) is 5.91 Å². The molecule has 1 aromatic heterocycles. The summed E-state index contributed by atoms with van der Waals surface area (Å²) in [6.45, 7) is 1.99. The van der Waals surface area contributed by atoms with Crippen LogP contribution in [0.5, 0.6) is 5.75 Å². The summed E-state index contributed by atoms with van der Waals surface area (Å²) < 4.78 is 5.09. The lowest BCUT2D eigenvalue weighted by Crippen LogP contribution is -2.32. The van der Waals surface area contributed by atoms with E-state index < -0.39 is 0 Å². The predicted molar refractivity (Wildman–Crippen MR) is 66.2 cm³/mol. The predicted octanol–water partition coefficient (Wildman–Crippen LogP) is 2.66. The molecule has 5 heteroatoms. The van der Waals surface area contributed by atoms with Gasteiger partial charge in [-0.3, -0.25) is 4.79 Å². The topological polar surface area (TPSA) is 38.3 Å². The van der Waals surface area contributed by atoms with Crippen LogP contribution in [0.4, 0.5) is 0 Å². The molecule has 15 heavy (non-hydrogen) atoms. The van der Waals surface area contributed by atoms with E-state index in [0.717, 1.165) is 11.8 Å². The van der Waals surface area contributed by atoms with Gasteiger partial charge in [-0.1, -0.05) is 15.9 Å². The molecule has 1 unspecified atom stereocenters. The van der Waals surface area contributed by atoms with Gasteiger partial charge in [0.05, 0.1) is 7.11 Å². The molecule has 1 rings (SSSR count). The van der Waals surface area contributed by atoms with Crippen molar-refractivity contribution in [2.75, 3.05) is 12.4 Å². The summed E-state index contributed by atoms with van der Waals surface area (Å²) in [4.78, 5) is 12.4. The van der Waals surface area contributed by atoms with Crippen molar-refractivity contribution in [1.29, 1.82) is 0 Å². The second kappa shape index (κ2) is 6.12. The van der Waals surface area contributed by atoms with Crippen molar-refractivity contribution < 1.29 is 9.53 Å². The highest BCUT2D eigenvalue weighted by Crippen LogP contribution is 2.24. The van der Waals surface area contributed by atoms with Crippen LogP contribution in [0.25, 0.3) is 0 Å². The van der Waals surface area contributed by atoms with Gasteiger partial charge in [0, 0.05) is 11.4 Å². The first-order valence-electron chi connectivity index (χ1n) is 4.67. The summed E-state index contributed by atoms with van der Waals surface area (Å²) >= 11 is 4.74. The number of alkyl halides is 1. The molecule has 1 amide bonds. The fourth-order valence-electron chi connectivity index (χ4n) is 1.15. The number of hydrogen-bond acceptors (Lipinski definition) is 3. The maximum atomic E-state index is 11.8. The van der Waals surface area contributed by atoms with E-state index in [4.69, 9.17) is 4.74 Å². The zero-order valence-electron chi connectivity index (χ0n) is 8.75. The van der Waals surface area contributed by atoms with Crippen LogP contribution in [-0.4, -0.2) is 24.4 Å². The van der Waals surface area contributed by atoms with Crippen molar-refractivity contribution in [3.05, 3.63) is 16.3 Å². The monoisotopic (exact) mass is 291 g/mol. The highest BCUT2D eigenvalue weighted by molar-refractivity contribution is 9.09. The van der Waals surface area contributed by atoms with Gasteiger partial charge in [-0.25, -0.2) is 0 Å². The van der Waals surface area contributed by atoms with E-state index in [-0.39, 0.29) is 11.9 Å². The minimum absolute atomic E-state index is 0.0599. The number of methoxy groups -OCH3 is 1. The Kier molecular flexibility index (Phi) is 5.11. The van der Waals surface area contributed by atoms with Gasteiger partial charge in [-0.05, 0) is 24.8 Å². The van der Waals surface area contributed by atoms with Crippen LogP contribution in [0.15, 0.2) is 11.4 Å². The van der Waals surface area contributed by atoms with E-state index in [2.05, 4.69) is 21.2 Å². The number of carbonyl (C=O) groups is 1. The Morgan fingerprint density at radius 3 is 3.07 bits per heavy atom. The SMILES string of the molecule is COc1ccsc1C(=O)NC(C)CCBr. The van der Waals surface area contributed by atoms with Crippen molar-refractivity contribution in [3.63, 3.8) is 0 Å². The number of rotatable bonds is 5. The van der Waals surface area contributed by atoms with E-state index in [1.807, 2.05) is 12.3 Å². The van der Waals surface area contributed by atoms with Gasteiger partial charge in [-0.15, -0.1) is 11.3 Å². The van der Waals surface area contributed by atoms with Crippen LogP contribution in [0.3, 0.4) is 0 Å². The lowest BCUT2D eigenvalue weighted by Gasteiger charge is -2.11. The first kappa shape index (κ1) is 12.5. The Morgan fingerprint density at radius 2 is 2.47 bits per heavy atom.